The van der Waals surface area contributed by atoms with Crippen LogP contribution >= 0.6 is 11.3 Å². The van der Waals surface area contributed by atoms with Crippen LogP contribution in [0, 0.1) is 0 Å². The molecule has 1 fully saturated rings. The number of urea groups is 1. The lowest BCUT2D eigenvalue weighted by molar-refractivity contribution is -0.132. The Morgan fingerprint density at radius 2 is 1.89 bits per heavy atom. The van der Waals surface area contributed by atoms with E-state index in [9.17, 15) is 9.59 Å². The summed E-state index contributed by atoms with van der Waals surface area (Å²) in [6, 6.07) is 9.41. The van der Waals surface area contributed by atoms with Gasteiger partial charge >= 0.3 is 6.03 Å². The van der Waals surface area contributed by atoms with Crippen molar-refractivity contribution in [3.63, 3.8) is 0 Å². The molecule has 1 unspecified atom stereocenters. The van der Waals surface area contributed by atoms with Crippen LogP contribution in [0.1, 0.15) is 30.2 Å². The minimum Gasteiger partial charge on any atom is -0.374 e. The molecule has 0 bridgehead atoms. The molecule has 7 heteroatoms. The van der Waals surface area contributed by atoms with Gasteiger partial charge in [-0.1, -0.05) is 0 Å². The molecule has 0 spiro atoms. The number of carbonyl (C=O) groups excluding carboxylic acids is 2. The van der Waals surface area contributed by atoms with Crippen molar-refractivity contribution in [1.82, 2.24) is 10.2 Å². The Morgan fingerprint density at radius 3 is 2.63 bits per heavy atom. The fraction of sp³-hybridized carbons (Fsp3) is 0.400. The van der Waals surface area contributed by atoms with Crippen molar-refractivity contribution in [2.45, 2.75) is 44.8 Å². The Hall–Kier alpha value is -2.54. The summed E-state index contributed by atoms with van der Waals surface area (Å²) in [7, 11) is 0. The molecule has 3 N–H and O–H groups in total. The summed E-state index contributed by atoms with van der Waals surface area (Å²) in [6.45, 7) is 3.36. The molecule has 2 aliphatic rings. The molecule has 27 heavy (non-hydrogen) atoms. The maximum absolute atomic E-state index is 12.8. The molecule has 2 heterocycles. The van der Waals surface area contributed by atoms with E-state index in [0.717, 1.165) is 37.2 Å². The van der Waals surface area contributed by atoms with Crippen LogP contribution in [0.2, 0.25) is 0 Å². The monoisotopic (exact) mass is 384 g/mol. The Bertz CT molecular complexity index is 829. The minimum absolute atomic E-state index is 0.109. The molecule has 0 radical (unpaired) electrons. The summed E-state index contributed by atoms with van der Waals surface area (Å²) in [4.78, 5) is 27.8. The lowest BCUT2D eigenvalue weighted by atomic mass is 10.1. The summed E-state index contributed by atoms with van der Waals surface area (Å²) < 4.78 is 0. The lowest BCUT2D eigenvalue weighted by Gasteiger charge is -2.30. The number of thiophene rings is 1. The first-order valence-corrected chi connectivity index (χ1v) is 10.2. The Morgan fingerprint density at radius 1 is 1.15 bits per heavy atom. The number of fused-ring (bicyclic) bond motifs is 1. The molecule has 1 aromatic carbocycles. The van der Waals surface area contributed by atoms with Crippen molar-refractivity contribution in [2.75, 3.05) is 17.2 Å². The van der Waals surface area contributed by atoms with Gasteiger partial charge in [0.25, 0.3) is 0 Å². The van der Waals surface area contributed by atoms with E-state index < -0.39 is 0 Å². The van der Waals surface area contributed by atoms with Gasteiger partial charge in [0, 0.05) is 35.4 Å². The normalized spacial score (nSPS) is 17.0. The van der Waals surface area contributed by atoms with Gasteiger partial charge in [-0.25, -0.2) is 4.79 Å². The van der Waals surface area contributed by atoms with Crippen LogP contribution in [0.3, 0.4) is 0 Å². The standard InChI is InChI=1S/C20H24N4O2S/c1-13(19(25)24-10-8-18-14(12-24)9-11-27-18)21-15-2-4-16(5-3-15)22-20(26)23-17-6-7-17/h2-5,9,11,13,17,21H,6-8,10,12H2,1H3,(H2,22,23,26). The molecule has 2 aromatic rings. The van der Waals surface area contributed by atoms with E-state index in [4.69, 9.17) is 0 Å². The zero-order chi connectivity index (χ0) is 18.8. The van der Waals surface area contributed by atoms with Gasteiger partial charge in [-0.3, -0.25) is 4.79 Å². The third kappa shape index (κ3) is 4.42. The number of anilines is 2. The van der Waals surface area contributed by atoms with E-state index in [2.05, 4.69) is 27.4 Å². The predicted molar refractivity (Wildman–Crippen MR) is 108 cm³/mol. The number of carbonyl (C=O) groups is 2. The number of benzene rings is 1. The zero-order valence-electron chi connectivity index (χ0n) is 15.3. The number of hydrogen-bond donors (Lipinski definition) is 3. The summed E-state index contributed by atoms with van der Waals surface area (Å²) in [5.41, 5.74) is 2.86. The number of nitrogens with one attached hydrogen (secondary N) is 3. The Balaban J connectivity index is 1.30. The third-order valence-electron chi connectivity index (χ3n) is 4.93. The van der Waals surface area contributed by atoms with Gasteiger partial charge in [0.05, 0.1) is 0 Å². The van der Waals surface area contributed by atoms with Crippen LogP contribution in [-0.4, -0.2) is 35.5 Å². The van der Waals surface area contributed by atoms with Crippen LogP contribution in [0.4, 0.5) is 16.2 Å². The van der Waals surface area contributed by atoms with Crippen molar-refractivity contribution >= 4 is 34.6 Å². The number of rotatable bonds is 5. The molecule has 1 aliphatic carbocycles. The molecule has 1 aromatic heterocycles. The smallest absolute Gasteiger partial charge is 0.319 e. The van der Waals surface area contributed by atoms with Gasteiger partial charge < -0.3 is 20.9 Å². The first kappa shape index (κ1) is 17.9. The average Bonchev–Trinajstić information content (AvgIpc) is 3.35. The number of amides is 3. The largest absolute Gasteiger partial charge is 0.374 e. The minimum atomic E-state index is -0.304. The quantitative estimate of drug-likeness (QED) is 0.740. The lowest BCUT2D eigenvalue weighted by Crippen LogP contribution is -2.43. The second-order valence-electron chi connectivity index (χ2n) is 7.19. The third-order valence-corrected chi connectivity index (χ3v) is 5.95. The summed E-state index contributed by atoms with van der Waals surface area (Å²) in [5.74, 6) is 0.109. The Kier molecular flexibility index (Phi) is 5.03. The molecule has 3 amide bonds. The summed E-state index contributed by atoms with van der Waals surface area (Å²) >= 11 is 1.77. The highest BCUT2D eigenvalue weighted by Crippen LogP contribution is 2.25. The van der Waals surface area contributed by atoms with Crippen molar-refractivity contribution in [2.24, 2.45) is 0 Å². The first-order valence-electron chi connectivity index (χ1n) is 9.36. The highest BCUT2D eigenvalue weighted by Gasteiger charge is 2.25. The highest BCUT2D eigenvalue weighted by atomic mass is 32.1. The molecule has 1 aliphatic heterocycles. The molecular weight excluding hydrogens is 360 g/mol. The Labute approximate surface area is 162 Å². The SMILES string of the molecule is CC(Nc1ccc(NC(=O)NC2CC2)cc1)C(=O)N1CCc2sccc2C1. The van der Waals surface area contributed by atoms with E-state index >= 15 is 0 Å². The molecular formula is C20H24N4O2S. The molecule has 1 atom stereocenters. The van der Waals surface area contributed by atoms with Gasteiger partial charge in [0.2, 0.25) is 5.91 Å². The van der Waals surface area contributed by atoms with Crippen LogP contribution in [0.15, 0.2) is 35.7 Å². The number of hydrogen-bond acceptors (Lipinski definition) is 4. The van der Waals surface area contributed by atoms with Crippen LogP contribution < -0.4 is 16.0 Å². The number of nitrogens with zero attached hydrogens (tertiary/aromatic N) is 1. The van der Waals surface area contributed by atoms with Crippen molar-refractivity contribution < 1.29 is 9.59 Å². The molecule has 142 valence electrons. The maximum Gasteiger partial charge on any atom is 0.319 e. The van der Waals surface area contributed by atoms with Gasteiger partial charge in [0.15, 0.2) is 0 Å². The maximum atomic E-state index is 12.8. The van der Waals surface area contributed by atoms with Crippen LogP contribution in [0.25, 0.3) is 0 Å². The molecule has 0 saturated heterocycles. The van der Waals surface area contributed by atoms with Gasteiger partial charge in [-0.15, -0.1) is 11.3 Å². The molecule has 1 saturated carbocycles. The fourth-order valence-electron chi connectivity index (χ4n) is 3.25. The highest BCUT2D eigenvalue weighted by molar-refractivity contribution is 7.10. The zero-order valence-corrected chi connectivity index (χ0v) is 16.1. The van der Waals surface area contributed by atoms with E-state index in [1.807, 2.05) is 36.1 Å². The second-order valence-corrected chi connectivity index (χ2v) is 8.20. The molecule has 4 rings (SSSR count). The predicted octanol–water partition coefficient (Wildman–Crippen LogP) is 3.42. The van der Waals surface area contributed by atoms with Gasteiger partial charge in [0.1, 0.15) is 6.04 Å². The van der Waals surface area contributed by atoms with E-state index in [1.165, 1.54) is 10.4 Å². The summed E-state index contributed by atoms with van der Waals surface area (Å²) in [6.07, 6.45) is 3.06. The van der Waals surface area contributed by atoms with Crippen LogP contribution in [0.5, 0.6) is 0 Å². The molecule has 6 nitrogen and oxygen atoms in total. The van der Waals surface area contributed by atoms with E-state index in [1.54, 1.807) is 11.3 Å². The second kappa shape index (κ2) is 7.60. The van der Waals surface area contributed by atoms with Crippen molar-refractivity contribution in [3.8, 4) is 0 Å². The summed E-state index contributed by atoms with van der Waals surface area (Å²) in [5, 5.41) is 11.1. The van der Waals surface area contributed by atoms with Crippen molar-refractivity contribution in [1.29, 1.82) is 0 Å². The van der Waals surface area contributed by atoms with Gasteiger partial charge in [-0.05, 0) is 67.5 Å². The van der Waals surface area contributed by atoms with E-state index in [-0.39, 0.29) is 18.0 Å². The van der Waals surface area contributed by atoms with E-state index in [0.29, 0.717) is 12.6 Å². The first-order chi connectivity index (χ1) is 13.1. The topological polar surface area (TPSA) is 73.5 Å². The van der Waals surface area contributed by atoms with Gasteiger partial charge in [-0.2, -0.15) is 0 Å². The van der Waals surface area contributed by atoms with Crippen molar-refractivity contribution in [3.05, 3.63) is 46.2 Å². The van der Waals surface area contributed by atoms with Crippen LogP contribution in [-0.2, 0) is 17.8 Å². The fourth-order valence-corrected chi connectivity index (χ4v) is 4.14. The average molecular weight is 385 g/mol.